The Bertz CT molecular complexity index is 751. The summed E-state index contributed by atoms with van der Waals surface area (Å²) in [5, 5.41) is 4.43. The van der Waals surface area contributed by atoms with Crippen molar-refractivity contribution in [3.05, 3.63) is 52.5 Å². The normalized spacial score (nSPS) is 11.4. The average Bonchev–Trinajstić information content (AvgIpc) is 2.57. The van der Waals surface area contributed by atoms with Gasteiger partial charge >= 0.3 is 5.97 Å². The van der Waals surface area contributed by atoms with Gasteiger partial charge in [0, 0.05) is 0 Å². The molecule has 132 valence electrons. The molecule has 0 aliphatic carbocycles. The predicted molar refractivity (Wildman–Crippen MR) is 97.9 cm³/mol. The molecule has 2 aromatic carbocycles. The van der Waals surface area contributed by atoms with Crippen LogP contribution in [0.2, 0.25) is 10.0 Å². The van der Waals surface area contributed by atoms with Crippen molar-refractivity contribution in [1.82, 2.24) is 0 Å². The van der Waals surface area contributed by atoms with E-state index in [9.17, 15) is 4.79 Å². The van der Waals surface area contributed by atoms with Crippen LogP contribution in [0.15, 0.2) is 47.6 Å². The van der Waals surface area contributed by atoms with E-state index in [0.29, 0.717) is 33.0 Å². The van der Waals surface area contributed by atoms with Crippen LogP contribution in [0.25, 0.3) is 0 Å². The summed E-state index contributed by atoms with van der Waals surface area (Å²) in [6.45, 7) is 5.03. The Hall–Kier alpha value is -2.24. The molecule has 0 heterocycles. The molecule has 0 aliphatic heterocycles. The average molecular weight is 382 g/mol. The van der Waals surface area contributed by atoms with Gasteiger partial charge in [0.1, 0.15) is 11.5 Å². The van der Waals surface area contributed by atoms with Gasteiger partial charge < -0.3 is 14.3 Å². The molecule has 1 unspecified atom stereocenters. The first-order valence-corrected chi connectivity index (χ1v) is 8.23. The second kappa shape index (κ2) is 8.74. The Morgan fingerprint density at radius 1 is 1.00 bits per heavy atom. The van der Waals surface area contributed by atoms with Crippen molar-refractivity contribution < 1.29 is 19.1 Å². The molecule has 0 N–H and O–H groups in total. The van der Waals surface area contributed by atoms with Crippen LogP contribution in [-0.4, -0.2) is 17.8 Å². The van der Waals surface area contributed by atoms with Crippen molar-refractivity contribution in [3.63, 3.8) is 0 Å². The van der Waals surface area contributed by atoms with E-state index in [0.717, 1.165) is 0 Å². The number of halogens is 2. The molecule has 2 aromatic rings. The van der Waals surface area contributed by atoms with Crippen LogP contribution in [0.3, 0.4) is 0 Å². The van der Waals surface area contributed by atoms with Gasteiger partial charge in [0.25, 0.3) is 0 Å². The Labute approximate surface area is 156 Å². The third-order valence-electron chi connectivity index (χ3n) is 2.93. The molecule has 0 bridgehead atoms. The van der Waals surface area contributed by atoms with Gasteiger partial charge in [-0.3, -0.25) is 0 Å². The third kappa shape index (κ3) is 5.66. The highest BCUT2D eigenvalue weighted by molar-refractivity contribution is 6.37. The maximum atomic E-state index is 11.7. The number of carbonyl (C=O) groups excluding carboxylic acids is 1. The minimum atomic E-state index is -0.798. The quantitative estimate of drug-likeness (QED) is 0.377. The van der Waals surface area contributed by atoms with E-state index >= 15 is 0 Å². The molecule has 0 saturated heterocycles. The van der Waals surface area contributed by atoms with Crippen molar-refractivity contribution >= 4 is 34.9 Å². The zero-order valence-electron chi connectivity index (χ0n) is 14.0. The molecule has 0 aromatic heterocycles. The largest absolute Gasteiger partial charge is 0.479 e. The molecule has 0 radical (unpaired) electrons. The second-order valence-electron chi connectivity index (χ2n) is 5.33. The van der Waals surface area contributed by atoms with E-state index in [-0.39, 0.29) is 0 Å². The van der Waals surface area contributed by atoms with E-state index in [1.165, 1.54) is 0 Å². The van der Waals surface area contributed by atoms with Crippen molar-refractivity contribution in [2.75, 3.05) is 0 Å². The Balaban J connectivity index is 2.00. The third-order valence-corrected chi connectivity index (χ3v) is 3.52. The maximum absolute atomic E-state index is 11.7. The molecular weight excluding hydrogens is 365 g/mol. The summed E-state index contributed by atoms with van der Waals surface area (Å²) in [5.74, 6) is 0.816. The summed E-state index contributed by atoms with van der Waals surface area (Å²) >= 11 is 12.1. The lowest BCUT2D eigenvalue weighted by Gasteiger charge is -2.13. The van der Waals surface area contributed by atoms with E-state index in [1.54, 1.807) is 63.2 Å². The maximum Gasteiger partial charge on any atom is 0.374 e. The lowest BCUT2D eigenvalue weighted by Crippen LogP contribution is -2.24. The van der Waals surface area contributed by atoms with Gasteiger partial charge in [-0.05, 0) is 57.2 Å². The topological polar surface area (TPSA) is 57.1 Å². The summed E-state index contributed by atoms with van der Waals surface area (Å²) < 4.78 is 11.2. The number of hydrogen-bond donors (Lipinski definition) is 0. The molecule has 0 spiro atoms. The van der Waals surface area contributed by atoms with Crippen LogP contribution < -0.4 is 9.47 Å². The van der Waals surface area contributed by atoms with Gasteiger partial charge in [-0.2, -0.15) is 0 Å². The first kappa shape index (κ1) is 19.1. The van der Waals surface area contributed by atoms with E-state index in [2.05, 4.69) is 5.16 Å². The fourth-order valence-corrected chi connectivity index (χ4v) is 2.22. The number of hydrogen-bond acceptors (Lipinski definition) is 5. The first-order valence-electron chi connectivity index (χ1n) is 7.47. The minimum Gasteiger partial charge on any atom is -0.479 e. The van der Waals surface area contributed by atoms with Crippen molar-refractivity contribution in [2.24, 2.45) is 5.16 Å². The minimum absolute atomic E-state index is 0.379. The zero-order chi connectivity index (χ0) is 18.4. The smallest absolute Gasteiger partial charge is 0.374 e. The number of para-hydroxylation sites is 1. The molecule has 0 fully saturated rings. The molecular formula is C18H17Cl2NO4. The Kier molecular flexibility index (Phi) is 6.67. The Morgan fingerprint density at radius 3 is 2.12 bits per heavy atom. The number of carbonyl (C=O) groups is 1. The molecule has 0 amide bonds. The van der Waals surface area contributed by atoms with Gasteiger partial charge in [-0.1, -0.05) is 34.4 Å². The van der Waals surface area contributed by atoms with Gasteiger partial charge in [0.05, 0.1) is 15.8 Å². The second-order valence-corrected chi connectivity index (χ2v) is 6.15. The van der Waals surface area contributed by atoms with Crippen LogP contribution >= 0.6 is 23.2 Å². The predicted octanol–water partition coefficient (Wildman–Crippen LogP) is 5.49. The highest BCUT2D eigenvalue weighted by atomic mass is 35.5. The Morgan fingerprint density at radius 2 is 1.56 bits per heavy atom. The van der Waals surface area contributed by atoms with Crippen LogP contribution in [-0.2, 0) is 9.63 Å². The molecule has 0 saturated carbocycles. The number of ether oxygens (including phenoxy) is 2. The standard InChI is InChI=1S/C18H17Cl2NO4/c1-11(2)21-25-18(22)12(3)23-13-7-9-14(10-8-13)24-17-15(19)5-4-6-16(17)20/h4-10,12H,1-3H3. The lowest BCUT2D eigenvalue weighted by molar-refractivity contribution is -0.151. The highest BCUT2D eigenvalue weighted by Gasteiger charge is 2.17. The lowest BCUT2D eigenvalue weighted by atomic mass is 10.3. The summed E-state index contributed by atoms with van der Waals surface area (Å²) in [6, 6.07) is 11.8. The summed E-state index contributed by atoms with van der Waals surface area (Å²) in [5.41, 5.74) is 0.639. The molecule has 2 rings (SSSR count). The van der Waals surface area contributed by atoms with Crippen molar-refractivity contribution in [1.29, 1.82) is 0 Å². The summed E-state index contributed by atoms with van der Waals surface area (Å²) in [4.78, 5) is 16.5. The fraction of sp³-hybridized carbons (Fsp3) is 0.222. The first-order chi connectivity index (χ1) is 11.9. The van der Waals surface area contributed by atoms with Gasteiger partial charge in [0.2, 0.25) is 0 Å². The number of nitrogens with zero attached hydrogens (tertiary/aromatic N) is 1. The molecule has 0 aliphatic rings. The van der Waals surface area contributed by atoms with Crippen molar-refractivity contribution in [3.8, 4) is 17.2 Å². The molecule has 25 heavy (non-hydrogen) atoms. The number of benzene rings is 2. The number of rotatable bonds is 6. The van der Waals surface area contributed by atoms with Crippen molar-refractivity contribution in [2.45, 2.75) is 26.9 Å². The van der Waals surface area contributed by atoms with Crippen LogP contribution in [0.5, 0.6) is 17.2 Å². The SMILES string of the molecule is CC(C)=NOC(=O)C(C)Oc1ccc(Oc2c(Cl)cccc2Cl)cc1. The zero-order valence-corrected chi connectivity index (χ0v) is 15.5. The molecule has 5 nitrogen and oxygen atoms in total. The summed E-state index contributed by atoms with van der Waals surface area (Å²) in [6.07, 6.45) is -0.798. The van der Waals surface area contributed by atoms with E-state index in [4.69, 9.17) is 37.5 Å². The fourth-order valence-electron chi connectivity index (χ4n) is 1.75. The van der Waals surface area contributed by atoms with E-state index < -0.39 is 12.1 Å². The van der Waals surface area contributed by atoms with E-state index in [1.807, 2.05) is 0 Å². The van der Waals surface area contributed by atoms with Gasteiger partial charge in [0.15, 0.2) is 11.9 Å². The highest BCUT2D eigenvalue weighted by Crippen LogP contribution is 2.36. The number of oxime groups is 1. The van der Waals surface area contributed by atoms with Crippen LogP contribution in [0.1, 0.15) is 20.8 Å². The molecule has 7 heteroatoms. The monoisotopic (exact) mass is 381 g/mol. The van der Waals surface area contributed by atoms with Gasteiger partial charge in [-0.25, -0.2) is 4.79 Å². The molecule has 1 atom stereocenters. The summed E-state index contributed by atoms with van der Waals surface area (Å²) in [7, 11) is 0. The van der Waals surface area contributed by atoms with Gasteiger partial charge in [-0.15, -0.1) is 0 Å². The van der Waals surface area contributed by atoms with Crippen LogP contribution in [0.4, 0.5) is 0 Å². The van der Waals surface area contributed by atoms with Crippen LogP contribution in [0, 0.1) is 0 Å².